The van der Waals surface area contributed by atoms with E-state index >= 15 is 0 Å². The summed E-state index contributed by atoms with van der Waals surface area (Å²) in [6.07, 6.45) is 3.17. The van der Waals surface area contributed by atoms with Gasteiger partial charge in [0.25, 0.3) is 0 Å². The van der Waals surface area contributed by atoms with E-state index in [0.29, 0.717) is 5.92 Å². The van der Waals surface area contributed by atoms with Crippen LogP contribution in [0.25, 0.3) is 0 Å². The largest absolute Gasteiger partial charge is 0.382 e. The number of rotatable bonds is 11. The van der Waals surface area contributed by atoms with E-state index in [1.54, 1.807) is 0 Å². The van der Waals surface area contributed by atoms with Crippen LogP contribution in [0.4, 0.5) is 0 Å². The minimum absolute atomic E-state index is 0. The molecular weight excluding hydrogens is 461 g/mol. The Morgan fingerprint density at radius 2 is 1.46 bits per heavy atom. The molecule has 0 aromatic heterocycles. The first-order valence-corrected chi connectivity index (χ1v) is 9.97. The number of nitrogens with zero attached hydrogens (tertiary/aromatic N) is 1. The smallest absolute Gasteiger partial charge is 0.190 e. The fourth-order valence-corrected chi connectivity index (χ4v) is 3.13. The summed E-state index contributed by atoms with van der Waals surface area (Å²) in [4.78, 5) is 4.33. The van der Waals surface area contributed by atoms with Crippen LogP contribution >= 0.6 is 24.0 Å². The summed E-state index contributed by atoms with van der Waals surface area (Å²) < 4.78 is 5.37. The van der Waals surface area contributed by atoms with Gasteiger partial charge in [0.1, 0.15) is 0 Å². The molecule has 0 heterocycles. The molecule has 0 aliphatic carbocycles. The van der Waals surface area contributed by atoms with Crippen molar-refractivity contribution in [3.63, 3.8) is 0 Å². The number of hydrogen-bond donors (Lipinski definition) is 2. The summed E-state index contributed by atoms with van der Waals surface area (Å²) in [6, 6.07) is 21.4. The Balaban J connectivity index is 0.00000392. The van der Waals surface area contributed by atoms with Crippen LogP contribution in [-0.2, 0) is 4.74 Å². The number of guanidine groups is 1. The molecule has 2 N–H and O–H groups in total. The van der Waals surface area contributed by atoms with Gasteiger partial charge in [-0.3, -0.25) is 4.99 Å². The maximum Gasteiger partial charge on any atom is 0.190 e. The van der Waals surface area contributed by atoms with E-state index in [1.165, 1.54) is 11.1 Å². The normalized spacial score (nSPS) is 11.2. The van der Waals surface area contributed by atoms with Gasteiger partial charge in [-0.25, -0.2) is 0 Å². The molecule has 154 valence electrons. The van der Waals surface area contributed by atoms with Gasteiger partial charge in [-0.05, 0) is 37.3 Å². The third kappa shape index (κ3) is 9.06. The van der Waals surface area contributed by atoms with E-state index < -0.39 is 0 Å². The number of ether oxygens (including phenoxy) is 1. The van der Waals surface area contributed by atoms with Gasteiger partial charge >= 0.3 is 0 Å². The Morgan fingerprint density at radius 3 is 2.00 bits per heavy atom. The molecule has 2 aromatic carbocycles. The molecule has 2 rings (SSSR count). The molecule has 0 aliphatic heterocycles. The molecule has 5 heteroatoms. The van der Waals surface area contributed by atoms with Crippen LogP contribution in [0.3, 0.4) is 0 Å². The van der Waals surface area contributed by atoms with Gasteiger partial charge in [0.05, 0.1) is 0 Å². The molecule has 0 aliphatic rings. The van der Waals surface area contributed by atoms with E-state index in [0.717, 1.165) is 51.5 Å². The van der Waals surface area contributed by atoms with Gasteiger partial charge < -0.3 is 15.4 Å². The van der Waals surface area contributed by atoms with Gasteiger partial charge in [0.15, 0.2) is 5.96 Å². The Morgan fingerprint density at radius 1 is 0.893 bits per heavy atom. The lowest BCUT2D eigenvalue weighted by Gasteiger charge is -2.19. The van der Waals surface area contributed by atoms with Crippen molar-refractivity contribution in [2.75, 3.05) is 33.4 Å². The van der Waals surface area contributed by atoms with Crippen molar-refractivity contribution < 1.29 is 4.74 Å². The van der Waals surface area contributed by atoms with Crippen molar-refractivity contribution in [3.8, 4) is 0 Å². The van der Waals surface area contributed by atoms with E-state index in [4.69, 9.17) is 4.74 Å². The molecule has 0 saturated heterocycles. The van der Waals surface area contributed by atoms with Crippen LogP contribution in [0.15, 0.2) is 65.7 Å². The van der Waals surface area contributed by atoms with Gasteiger partial charge in [-0.1, -0.05) is 60.7 Å². The highest BCUT2D eigenvalue weighted by Gasteiger charge is 2.13. The Bertz CT molecular complexity index is 610. The van der Waals surface area contributed by atoms with Gasteiger partial charge in [-0.2, -0.15) is 0 Å². The van der Waals surface area contributed by atoms with E-state index in [2.05, 4.69) is 76.3 Å². The Kier molecular flexibility index (Phi) is 13.4. The number of aliphatic imine (C=N–C) groups is 1. The predicted octanol–water partition coefficient (Wildman–Crippen LogP) is 4.81. The Hall–Kier alpha value is -1.60. The van der Waals surface area contributed by atoms with Crippen molar-refractivity contribution in [2.45, 2.75) is 32.1 Å². The minimum Gasteiger partial charge on any atom is -0.382 e. The zero-order valence-electron chi connectivity index (χ0n) is 17.1. The van der Waals surface area contributed by atoms with Crippen LogP contribution in [0, 0.1) is 0 Å². The molecule has 2 aromatic rings. The predicted molar refractivity (Wildman–Crippen MR) is 130 cm³/mol. The molecule has 4 nitrogen and oxygen atoms in total. The number of unbranched alkanes of at least 4 members (excludes halogenated alkanes) is 1. The SMILES string of the molecule is CCOCCCCNC(=NC)NCCC(c1ccccc1)c1ccccc1.I. The standard InChI is InChI=1S/C23H33N3O.HI/c1-3-27-19-11-10-17-25-23(24-2)26-18-16-22(20-12-6-4-7-13-20)21-14-8-5-9-15-21;/h4-9,12-15,22H,3,10-11,16-19H2,1-2H3,(H2,24,25,26);1H. The average Bonchev–Trinajstić information content (AvgIpc) is 2.73. The van der Waals surface area contributed by atoms with Crippen molar-refractivity contribution >= 4 is 29.9 Å². The maximum atomic E-state index is 5.37. The zero-order chi connectivity index (χ0) is 19.2. The monoisotopic (exact) mass is 495 g/mol. The van der Waals surface area contributed by atoms with Crippen molar-refractivity contribution in [1.29, 1.82) is 0 Å². The van der Waals surface area contributed by atoms with Crippen molar-refractivity contribution in [2.24, 2.45) is 4.99 Å². The third-order valence-electron chi connectivity index (χ3n) is 4.56. The lowest BCUT2D eigenvalue weighted by atomic mass is 9.88. The number of benzene rings is 2. The first kappa shape index (κ1) is 24.4. The lowest BCUT2D eigenvalue weighted by molar-refractivity contribution is 0.143. The molecule has 0 spiro atoms. The van der Waals surface area contributed by atoms with Crippen molar-refractivity contribution in [1.82, 2.24) is 10.6 Å². The first-order chi connectivity index (χ1) is 13.3. The molecule has 0 radical (unpaired) electrons. The molecule has 0 bridgehead atoms. The summed E-state index contributed by atoms with van der Waals surface area (Å²) >= 11 is 0. The van der Waals surface area contributed by atoms with Crippen LogP contribution in [0.2, 0.25) is 0 Å². The van der Waals surface area contributed by atoms with E-state index in [9.17, 15) is 0 Å². The first-order valence-electron chi connectivity index (χ1n) is 9.97. The Labute approximate surface area is 187 Å². The molecule has 0 saturated carbocycles. The summed E-state index contributed by atoms with van der Waals surface area (Å²) in [5.74, 6) is 1.25. The quantitative estimate of drug-likeness (QED) is 0.204. The average molecular weight is 495 g/mol. The zero-order valence-corrected chi connectivity index (χ0v) is 19.4. The summed E-state index contributed by atoms with van der Waals surface area (Å²) in [6.45, 7) is 5.43. The van der Waals surface area contributed by atoms with Gasteiger partial charge in [0.2, 0.25) is 0 Å². The number of halogens is 1. The summed E-state index contributed by atoms with van der Waals surface area (Å²) in [5.41, 5.74) is 2.70. The summed E-state index contributed by atoms with van der Waals surface area (Å²) in [7, 11) is 1.82. The second kappa shape index (κ2) is 15.3. The molecule has 0 atom stereocenters. The molecular formula is C23H34IN3O. The van der Waals surface area contributed by atoms with Crippen LogP contribution < -0.4 is 10.6 Å². The topological polar surface area (TPSA) is 45.6 Å². The highest BCUT2D eigenvalue weighted by Crippen LogP contribution is 2.27. The highest BCUT2D eigenvalue weighted by atomic mass is 127. The van der Waals surface area contributed by atoms with E-state index in [1.807, 2.05) is 14.0 Å². The van der Waals surface area contributed by atoms with E-state index in [-0.39, 0.29) is 24.0 Å². The van der Waals surface area contributed by atoms with Crippen LogP contribution in [0.1, 0.15) is 43.2 Å². The molecule has 0 unspecified atom stereocenters. The minimum atomic E-state index is 0. The maximum absolute atomic E-state index is 5.37. The van der Waals surface area contributed by atoms with Gasteiger partial charge in [0, 0.05) is 39.3 Å². The third-order valence-corrected chi connectivity index (χ3v) is 4.56. The van der Waals surface area contributed by atoms with Gasteiger partial charge in [-0.15, -0.1) is 24.0 Å². The lowest BCUT2D eigenvalue weighted by Crippen LogP contribution is -2.38. The molecule has 28 heavy (non-hydrogen) atoms. The molecule has 0 fully saturated rings. The number of hydrogen-bond acceptors (Lipinski definition) is 2. The fourth-order valence-electron chi connectivity index (χ4n) is 3.13. The fraction of sp³-hybridized carbons (Fsp3) is 0.435. The van der Waals surface area contributed by atoms with Crippen molar-refractivity contribution in [3.05, 3.63) is 71.8 Å². The van der Waals surface area contributed by atoms with Crippen LogP contribution in [-0.4, -0.2) is 39.3 Å². The number of nitrogens with one attached hydrogen (secondary N) is 2. The summed E-state index contributed by atoms with van der Waals surface area (Å²) in [5, 5.41) is 6.83. The second-order valence-corrected chi connectivity index (χ2v) is 6.49. The van der Waals surface area contributed by atoms with Crippen LogP contribution in [0.5, 0.6) is 0 Å². The second-order valence-electron chi connectivity index (χ2n) is 6.49. The molecule has 0 amide bonds. The highest BCUT2D eigenvalue weighted by molar-refractivity contribution is 14.0.